The van der Waals surface area contributed by atoms with Gasteiger partial charge in [0.05, 0.1) is 11.3 Å². The van der Waals surface area contributed by atoms with Gasteiger partial charge in [-0.25, -0.2) is 0 Å². The van der Waals surface area contributed by atoms with Crippen LogP contribution in [0.3, 0.4) is 0 Å². The molecule has 1 aromatic carbocycles. The van der Waals surface area contributed by atoms with Gasteiger partial charge in [0.25, 0.3) is 0 Å². The largest absolute Gasteiger partial charge is 0.355 e. The lowest BCUT2D eigenvalue weighted by atomic mass is 10.1. The molecular weight excluding hydrogens is 266 g/mol. The zero-order chi connectivity index (χ0) is 15.8. The Hall–Kier alpha value is -2.35. The topological polar surface area (TPSA) is 73.2 Å². The van der Waals surface area contributed by atoms with E-state index in [-0.39, 0.29) is 18.4 Å². The van der Waals surface area contributed by atoms with Gasteiger partial charge in [0.1, 0.15) is 12.6 Å². The molecule has 0 aliphatic carbocycles. The van der Waals surface area contributed by atoms with E-state index in [1.54, 1.807) is 24.3 Å². The van der Waals surface area contributed by atoms with Crippen LogP contribution in [-0.2, 0) is 9.59 Å². The first-order valence-corrected chi connectivity index (χ1v) is 6.99. The minimum absolute atomic E-state index is 0.0773. The quantitative estimate of drug-likeness (QED) is 0.870. The first kappa shape index (κ1) is 16.7. The van der Waals surface area contributed by atoms with E-state index in [0.717, 1.165) is 6.42 Å². The van der Waals surface area contributed by atoms with Gasteiger partial charge in [-0.3, -0.25) is 9.59 Å². The molecule has 0 heterocycles. The zero-order valence-corrected chi connectivity index (χ0v) is 12.7. The summed E-state index contributed by atoms with van der Waals surface area (Å²) in [6.07, 6.45) is 0.889. The molecule has 0 atom stereocenters. The molecule has 112 valence electrons. The van der Waals surface area contributed by atoms with Crippen LogP contribution >= 0.6 is 0 Å². The van der Waals surface area contributed by atoms with Crippen molar-refractivity contribution in [2.45, 2.75) is 27.2 Å². The van der Waals surface area contributed by atoms with Crippen LogP contribution in [0.1, 0.15) is 32.8 Å². The van der Waals surface area contributed by atoms with Crippen LogP contribution in [0.15, 0.2) is 24.3 Å². The van der Waals surface area contributed by atoms with E-state index in [1.165, 1.54) is 11.8 Å². The highest BCUT2D eigenvalue weighted by molar-refractivity contribution is 5.98. The molecule has 0 aliphatic rings. The average Bonchev–Trinajstić information content (AvgIpc) is 2.44. The van der Waals surface area contributed by atoms with Gasteiger partial charge in [0, 0.05) is 13.5 Å². The van der Waals surface area contributed by atoms with E-state index >= 15 is 0 Å². The van der Waals surface area contributed by atoms with Gasteiger partial charge in [-0.05, 0) is 24.5 Å². The monoisotopic (exact) mass is 287 g/mol. The molecule has 5 heteroatoms. The van der Waals surface area contributed by atoms with E-state index in [0.29, 0.717) is 23.7 Å². The highest BCUT2D eigenvalue weighted by atomic mass is 16.2. The third-order valence-corrected chi connectivity index (χ3v) is 3.04. The molecule has 0 unspecified atom stereocenters. The van der Waals surface area contributed by atoms with Crippen LogP contribution in [0.25, 0.3) is 0 Å². The maximum Gasteiger partial charge on any atom is 0.240 e. The van der Waals surface area contributed by atoms with Gasteiger partial charge in [0.15, 0.2) is 0 Å². The summed E-state index contributed by atoms with van der Waals surface area (Å²) in [5.74, 6) is 0.0174. The van der Waals surface area contributed by atoms with Crippen molar-refractivity contribution in [3.63, 3.8) is 0 Å². The van der Waals surface area contributed by atoms with Crippen LogP contribution in [0.2, 0.25) is 0 Å². The third-order valence-electron chi connectivity index (χ3n) is 3.04. The number of hydrogen-bond acceptors (Lipinski definition) is 3. The molecule has 1 N–H and O–H groups in total. The second-order valence-electron chi connectivity index (χ2n) is 5.27. The average molecular weight is 287 g/mol. The molecule has 0 fully saturated rings. The summed E-state index contributed by atoms with van der Waals surface area (Å²) in [6, 6.07) is 8.80. The Morgan fingerprint density at radius 3 is 2.57 bits per heavy atom. The molecule has 2 amide bonds. The molecule has 1 rings (SSSR count). The molecule has 1 aromatic rings. The zero-order valence-electron chi connectivity index (χ0n) is 12.7. The number of carbonyl (C=O) groups is 2. The standard InChI is InChI=1S/C16H21N3O2/c1-12(2)8-9-18-16(21)11-19(13(3)20)15-7-5-4-6-14(15)10-17/h4-7,12H,8-9,11H2,1-3H3,(H,18,21). The Labute approximate surface area is 125 Å². The first-order chi connectivity index (χ1) is 9.95. The fraction of sp³-hybridized carbons (Fsp3) is 0.438. The molecule has 0 radical (unpaired) electrons. The molecular formula is C16H21N3O2. The summed E-state index contributed by atoms with van der Waals surface area (Å²) in [4.78, 5) is 25.0. The van der Waals surface area contributed by atoms with Gasteiger partial charge in [-0.1, -0.05) is 26.0 Å². The number of nitrogens with one attached hydrogen (secondary N) is 1. The van der Waals surface area contributed by atoms with E-state index in [4.69, 9.17) is 5.26 Å². The summed E-state index contributed by atoms with van der Waals surface area (Å²) in [7, 11) is 0. The summed E-state index contributed by atoms with van der Waals surface area (Å²) in [6.45, 7) is 6.05. The maximum atomic E-state index is 11.9. The van der Waals surface area contributed by atoms with Gasteiger partial charge in [-0.15, -0.1) is 0 Å². The van der Waals surface area contributed by atoms with Crippen LogP contribution in [0.5, 0.6) is 0 Å². The summed E-state index contributed by atoms with van der Waals surface area (Å²) < 4.78 is 0. The number of hydrogen-bond donors (Lipinski definition) is 1. The Bertz CT molecular complexity index is 547. The second-order valence-corrected chi connectivity index (χ2v) is 5.27. The first-order valence-electron chi connectivity index (χ1n) is 6.99. The van der Waals surface area contributed by atoms with Crippen molar-refractivity contribution in [3.05, 3.63) is 29.8 Å². The van der Waals surface area contributed by atoms with Crippen molar-refractivity contribution in [2.75, 3.05) is 18.0 Å². The molecule has 5 nitrogen and oxygen atoms in total. The van der Waals surface area contributed by atoms with Crippen molar-refractivity contribution in [1.82, 2.24) is 5.32 Å². The fourth-order valence-electron chi connectivity index (χ4n) is 1.87. The highest BCUT2D eigenvalue weighted by Gasteiger charge is 2.18. The van der Waals surface area contributed by atoms with Crippen molar-refractivity contribution in [1.29, 1.82) is 5.26 Å². The second kappa shape index (κ2) is 8.05. The van der Waals surface area contributed by atoms with Crippen molar-refractivity contribution in [3.8, 4) is 6.07 Å². The number of carbonyl (C=O) groups excluding carboxylic acids is 2. The Kier molecular flexibility index (Phi) is 6.41. The fourth-order valence-corrected chi connectivity index (χ4v) is 1.87. The smallest absolute Gasteiger partial charge is 0.240 e. The minimum Gasteiger partial charge on any atom is -0.355 e. The predicted molar refractivity (Wildman–Crippen MR) is 81.6 cm³/mol. The van der Waals surface area contributed by atoms with Crippen molar-refractivity contribution in [2.24, 2.45) is 5.92 Å². The Morgan fingerprint density at radius 2 is 2.00 bits per heavy atom. The maximum absolute atomic E-state index is 11.9. The number of para-hydroxylation sites is 1. The number of nitriles is 1. The third kappa shape index (κ3) is 5.27. The molecule has 0 aliphatic heterocycles. The van der Waals surface area contributed by atoms with Crippen LogP contribution < -0.4 is 10.2 Å². The van der Waals surface area contributed by atoms with Crippen molar-refractivity contribution < 1.29 is 9.59 Å². The molecule has 0 spiro atoms. The van der Waals surface area contributed by atoms with Crippen LogP contribution in [0, 0.1) is 17.2 Å². The summed E-state index contributed by atoms with van der Waals surface area (Å²) in [5.41, 5.74) is 0.842. The van der Waals surface area contributed by atoms with E-state index in [9.17, 15) is 9.59 Å². The van der Waals surface area contributed by atoms with E-state index in [2.05, 4.69) is 19.2 Å². The van der Waals surface area contributed by atoms with Crippen LogP contribution in [-0.4, -0.2) is 24.9 Å². The Balaban J connectivity index is 2.77. The minimum atomic E-state index is -0.267. The SMILES string of the molecule is CC(=O)N(CC(=O)NCCC(C)C)c1ccccc1C#N. The van der Waals surface area contributed by atoms with Crippen molar-refractivity contribution >= 4 is 17.5 Å². The molecule has 0 saturated heterocycles. The normalized spacial score (nSPS) is 10.0. The van der Waals surface area contributed by atoms with Gasteiger partial charge in [0.2, 0.25) is 11.8 Å². The highest BCUT2D eigenvalue weighted by Crippen LogP contribution is 2.19. The Morgan fingerprint density at radius 1 is 1.33 bits per heavy atom. The van der Waals surface area contributed by atoms with Crippen LogP contribution in [0.4, 0.5) is 5.69 Å². The number of anilines is 1. The summed E-state index contributed by atoms with van der Waals surface area (Å²) >= 11 is 0. The number of amides is 2. The molecule has 0 bridgehead atoms. The lowest BCUT2D eigenvalue weighted by molar-refractivity contribution is -0.123. The predicted octanol–water partition coefficient (Wildman–Crippen LogP) is 2.07. The van der Waals surface area contributed by atoms with Gasteiger partial charge in [-0.2, -0.15) is 5.26 Å². The number of rotatable bonds is 6. The summed E-state index contributed by atoms with van der Waals surface area (Å²) in [5, 5.41) is 11.9. The van der Waals surface area contributed by atoms with E-state index in [1.807, 2.05) is 6.07 Å². The molecule has 0 saturated carbocycles. The molecule has 0 aromatic heterocycles. The van der Waals surface area contributed by atoms with E-state index < -0.39 is 0 Å². The number of benzene rings is 1. The van der Waals surface area contributed by atoms with Gasteiger partial charge >= 0.3 is 0 Å². The number of nitrogens with zero attached hydrogens (tertiary/aromatic N) is 2. The molecule has 21 heavy (non-hydrogen) atoms. The lowest BCUT2D eigenvalue weighted by Crippen LogP contribution is -2.40. The lowest BCUT2D eigenvalue weighted by Gasteiger charge is -2.21. The van der Waals surface area contributed by atoms with Gasteiger partial charge < -0.3 is 10.2 Å².